The number of allylic oxidation sites excluding steroid dienone is 1. The second-order valence-electron chi connectivity index (χ2n) is 7.29. The van der Waals surface area contributed by atoms with Crippen LogP contribution in [0, 0.1) is 11.8 Å². The van der Waals surface area contributed by atoms with Crippen LogP contribution < -0.4 is 5.32 Å². The average molecular weight is 377 g/mol. The fraction of sp³-hybridized carbons (Fsp3) is 0.333. The van der Waals surface area contributed by atoms with Gasteiger partial charge in [0.1, 0.15) is 0 Å². The first-order valence-electron chi connectivity index (χ1n) is 9.90. The summed E-state index contributed by atoms with van der Waals surface area (Å²) in [5.74, 6) is 0.542. The highest BCUT2D eigenvalue weighted by Crippen LogP contribution is 2.29. The second kappa shape index (κ2) is 9.36. The van der Waals surface area contributed by atoms with Crippen LogP contribution in [-0.4, -0.2) is 18.5 Å². The molecule has 28 heavy (non-hydrogen) atoms. The maximum atomic E-state index is 12.3. The summed E-state index contributed by atoms with van der Waals surface area (Å²) in [7, 11) is 0. The number of carbonyl (C=O) groups is 2. The van der Waals surface area contributed by atoms with E-state index in [2.05, 4.69) is 48.7 Å². The first kappa shape index (κ1) is 19.9. The van der Waals surface area contributed by atoms with Crippen LogP contribution in [0.15, 0.2) is 54.6 Å². The van der Waals surface area contributed by atoms with Crippen LogP contribution in [0.2, 0.25) is 0 Å². The summed E-state index contributed by atoms with van der Waals surface area (Å²) in [6.07, 6.45) is 6.83. The van der Waals surface area contributed by atoms with Gasteiger partial charge in [-0.15, -0.1) is 0 Å². The molecule has 0 saturated heterocycles. The number of carbonyl (C=O) groups excluding carboxylic acids is 2. The maximum absolute atomic E-state index is 12.3. The van der Waals surface area contributed by atoms with Crippen LogP contribution in [0.25, 0.3) is 6.08 Å². The van der Waals surface area contributed by atoms with Gasteiger partial charge in [0.15, 0.2) is 0 Å². The fourth-order valence-electron chi connectivity index (χ4n) is 3.52. The predicted molar refractivity (Wildman–Crippen MR) is 112 cm³/mol. The summed E-state index contributed by atoms with van der Waals surface area (Å²) in [5.41, 5.74) is 3.86. The van der Waals surface area contributed by atoms with E-state index >= 15 is 0 Å². The van der Waals surface area contributed by atoms with Gasteiger partial charge in [-0.3, -0.25) is 4.79 Å². The number of hydrogen-bond acceptors (Lipinski definition) is 3. The van der Waals surface area contributed by atoms with Gasteiger partial charge in [-0.05, 0) is 67.0 Å². The van der Waals surface area contributed by atoms with Crippen molar-refractivity contribution in [1.82, 2.24) is 0 Å². The lowest BCUT2D eigenvalue weighted by Gasteiger charge is -2.25. The van der Waals surface area contributed by atoms with Crippen molar-refractivity contribution in [2.24, 2.45) is 11.8 Å². The van der Waals surface area contributed by atoms with Crippen molar-refractivity contribution in [3.8, 4) is 0 Å². The third kappa shape index (κ3) is 5.10. The molecule has 0 fully saturated rings. The van der Waals surface area contributed by atoms with Crippen LogP contribution in [0.4, 0.5) is 5.69 Å². The number of anilines is 1. The zero-order valence-electron chi connectivity index (χ0n) is 16.5. The summed E-state index contributed by atoms with van der Waals surface area (Å²) in [6, 6.07) is 15.3. The Morgan fingerprint density at radius 1 is 1.14 bits per heavy atom. The van der Waals surface area contributed by atoms with Gasteiger partial charge in [0.05, 0.1) is 12.2 Å². The van der Waals surface area contributed by atoms with E-state index in [0.29, 0.717) is 36.1 Å². The number of esters is 1. The molecule has 0 bridgehead atoms. The van der Waals surface area contributed by atoms with Crippen LogP contribution in [0.5, 0.6) is 0 Å². The molecule has 1 N–H and O–H groups in total. The first-order chi connectivity index (χ1) is 13.6. The molecule has 3 rings (SSSR count). The molecule has 2 unspecified atom stereocenters. The number of benzene rings is 2. The molecule has 0 saturated carbocycles. The molecule has 146 valence electrons. The molecule has 0 spiro atoms. The molecule has 2 aromatic rings. The molecule has 2 atom stereocenters. The first-order valence-corrected chi connectivity index (χ1v) is 9.90. The van der Waals surface area contributed by atoms with Gasteiger partial charge in [-0.2, -0.15) is 0 Å². The normalized spacial score (nSPS) is 16.1. The van der Waals surface area contributed by atoms with Crippen LogP contribution in [-0.2, 0) is 16.0 Å². The highest BCUT2D eigenvalue weighted by molar-refractivity contribution is 5.93. The molecule has 0 aliphatic heterocycles. The number of nitrogens with one attached hydrogen (secondary N) is 1. The monoisotopic (exact) mass is 377 g/mol. The molecule has 1 aliphatic carbocycles. The number of rotatable bonds is 7. The van der Waals surface area contributed by atoms with Crippen molar-refractivity contribution in [3.05, 3.63) is 71.3 Å². The van der Waals surface area contributed by atoms with Gasteiger partial charge in [0.2, 0.25) is 5.91 Å². The van der Waals surface area contributed by atoms with Crippen LogP contribution in [0.1, 0.15) is 48.2 Å². The molecule has 0 aromatic heterocycles. The van der Waals surface area contributed by atoms with Crippen molar-refractivity contribution >= 4 is 23.6 Å². The molecule has 1 amide bonds. The summed E-state index contributed by atoms with van der Waals surface area (Å²) in [5, 5.41) is 2.90. The highest BCUT2D eigenvalue weighted by atomic mass is 16.5. The third-order valence-corrected chi connectivity index (χ3v) is 5.27. The van der Waals surface area contributed by atoms with E-state index in [4.69, 9.17) is 4.74 Å². The highest BCUT2D eigenvalue weighted by Gasteiger charge is 2.20. The summed E-state index contributed by atoms with van der Waals surface area (Å²) >= 11 is 0. The fourth-order valence-corrected chi connectivity index (χ4v) is 3.52. The van der Waals surface area contributed by atoms with Crippen LogP contribution in [0.3, 0.4) is 0 Å². The van der Waals surface area contributed by atoms with E-state index in [-0.39, 0.29) is 11.9 Å². The van der Waals surface area contributed by atoms with E-state index in [1.54, 1.807) is 31.2 Å². The van der Waals surface area contributed by atoms with E-state index in [0.717, 1.165) is 12.8 Å². The number of ether oxygens (including phenoxy) is 1. The second-order valence-corrected chi connectivity index (χ2v) is 7.29. The molecule has 1 aliphatic rings. The Kier molecular flexibility index (Phi) is 6.64. The lowest BCUT2D eigenvalue weighted by molar-refractivity contribution is -0.116. The summed E-state index contributed by atoms with van der Waals surface area (Å²) in [4.78, 5) is 24.0. The van der Waals surface area contributed by atoms with Crippen molar-refractivity contribution in [3.63, 3.8) is 0 Å². The molecular weight excluding hydrogens is 350 g/mol. The minimum absolute atomic E-state index is 0.00377. The molecule has 4 nitrogen and oxygen atoms in total. The topological polar surface area (TPSA) is 55.4 Å². The standard InChI is InChI=1S/C24H27NO3/c1-3-28-24(27)19-11-13-22(14-12-19)25-23(26)15-8-17(2)20-10-9-18-6-4-5-7-21(18)16-20/h4-7,9-14,17,20H,3,8,15-16H2,1-2H3,(H,25,26). The van der Waals surface area contributed by atoms with Gasteiger partial charge in [-0.1, -0.05) is 43.3 Å². The Morgan fingerprint density at radius 2 is 1.89 bits per heavy atom. The van der Waals surface area contributed by atoms with E-state index in [1.165, 1.54) is 11.1 Å². The van der Waals surface area contributed by atoms with Gasteiger partial charge in [0, 0.05) is 12.1 Å². The Hall–Kier alpha value is -2.88. The van der Waals surface area contributed by atoms with E-state index in [9.17, 15) is 9.59 Å². The Morgan fingerprint density at radius 3 is 2.64 bits per heavy atom. The van der Waals surface area contributed by atoms with Crippen molar-refractivity contribution in [2.75, 3.05) is 11.9 Å². The summed E-state index contributed by atoms with van der Waals surface area (Å²) < 4.78 is 4.96. The lowest BCUT2D eigenvalue weighted by Crippen LogP contribution is -2.18. The Balaban J connectivity index is 1.47. The predicted octanol–water partition coefficient (Wildman–Crippen LogP) is 5.10. The van der Waals surface area contributed by atoms with Gasteiger partial charge >= 0.3 is 5.97 Å². The van der Waals surface area contributed by atoms with Gasteiger partial charge in [0.25, 0.3) is 0 Å². The lowest BCUT2D eigenvalue weighted by atomic mass is 9.80. The van der Waals surface area contributed by atoms with Crippen LogP contribution >= 0.6 is 0 Å². The van der Waals surface area contributed by atoms with E-state index in [1.807, 2.05) is 0 Å². The minimum atomic E-state index is -0.351. The molecule has 0 radical (unpaired) electrons. The number of amides is 1. The maximum Gasteiger partial charge on any atom is 0.338 e. The Bertz CT molecular complexity index is 854. The van der Waals surface area contributed by atoms with E-state index < -0.39 is 0 Å². The largest absolute Gasteiger partial charge is 0.462 e. The zero-order valence-corrected chi connectivity index (χ0v) is 16.5. The SMILES string of the molecule is CCOC(=O)c1ccc(NC(=O)CCC(C)C2C=Cc3ccccc3C2)cc1. The Labute approximate surface area is 166 Å². The minimum Gasteiger partial charge on any atom is -0.462 e. The molecule has 2 aromatic carbocycles. The number of fused-ring (bicyclic) bond motifs is 1. The zero-order chi connectivity index (χ0) is 19.9. The quantitative estimate of drug-likeness (QED) is 0.683. The molecule has 0 heterocycles. The molecule has 4 heteroatoms. The van der Waals surface area contributed by atoms with Gasteiger partial charge < -0.3 is 10.1 Å². The van der Waals surface area contributed by atoms with Gasteiger partial charge in [-0.25, -0.2) is 4.79 Å². The van der Waals surface area contributed by atoms with Crippen molar-refractivity contribution < 1.29 is 14.3 Å². The average Bonchev–Trinajstić information content (AvgIpc) is 2.72. The van der Waals surface area contributed by atoms with Crippen molar-refractivity contribution in [1.29, 1.82) is 0 Å². The molecular formula is C24H27NO3. The van der Waals surface area contributed by atoms with Crippen molar-refractivity contribution in [2.45, 2.75) is 33.1 Å². The smallest absolute Gasteiger partial charge is 0.338 e. The third-order valence-electron chi connectivity index (χ3n) is 5.27. The summed E-state index contributed by atoms with van der Waals surface area (Å²) in [6.45, 7) is 4.33. The number of hydrogen-bond donors (Lipinski definition) is 1.